The van der Waals surface area contributed by atoms with Gasteiger partial charge in [-0.3, -0.25) is 14.4 Å². The maximum atomic E-state index is 12.0. The third-order valence-corrected chi connectivity index (χ3v) is 3.84. The number of amides is 1. The third kappa shape index (κ3) is 4.51. The molecule has 1 rings (SSSR count). The predicted octanol–water partition coefficient (Wildman–Crippen LogP) is 1.59. The van der Waals surface area contributed by atoms with Crippen molar-refractivity contribution in [3.8, 4) is 0 Å². The summed E-state index contributed by atoms with van der Waals surface area (Å²) >= 11 is 0. The lowest BCUT2D eigenvalue weighted by Gasteiger charge is -2.34. The zero-order chi connectivity index (χ0) is 15.1. The van der Waals surface area contributed by atoms with Crippen LogP contribution < -0.4 is 0 Å². The molecule has 2 atom stereocenters. The number of carbonyl (C=O) groups is 3. The molecular weight excluding hydrogens is 262 g/mol. The maximum absolute atomic E-state index is 12.0. The van der Waals surface area contributed by atoms with E-state index in [1.54, 1.807) is 0 Å². The van der Waals surface area contributed by atoms with Gasteiger partial charge >= 0.3 is 11.9 Å². The smallest absolute Gasteiger partial charge is 0.309 e. The molecule has 114 valence electrons. The number of carboxylic acids is 2. The number of rotatable bonds is 7. The molecule has 1 heterocycles. The highest BCUT2D eigenvalue weighted by Gasteiger charge is 2.39. The summed E-state index contributed by atoms with van der Waals surface area (Å²) in [5.41, 5.74) is 0. The van der Waals surface area contributed by atoms with Crippen LogP contribution >= 0.6 is 0 Å². The second-order valence-corrected chi connectivity index (χ2v) is 5.33. The van der Waals surface area contributed by atoms with E-state index >= 15 is 0 Å². The number of carbonyl (C=O) groups excluding carboxylic acids is 1. The van der Waals surface area contributed by atoms with Crippen LogP contribution in [0.15, 0.2) is 0 Å². The summed E-state index contributed by atoms with van der Waals surface area (Å²) in [5.74, 6) is -4.18. The van der Waals surface area contributed by atoms with Crippen molar-refractivity contribution in [2.24, 2.45) is 11.8 Å². The maximum Gasteiger partial charge on any atom is 0.309 e. The molecule has 0 bridgehead atoms. The van der Waals surface area contributed by atoms with E-state index in [0.29, 0.717) is 13.0 Å². The Morgan fingerprint density at radius 3 is 2.25 bits per heavy atom. The summed E-state index contributed by atoms with van der Waals surface area (Å²) < 4.78 is 0. The minimum atomic E-state index is -1.14. The van der Waals surface area contributed by atoms with Gasteiger partial charge in [0.1, 0.15) is 0 Å². The number of hydrogen-bond donors (Lipinski definition) is 2. The fourth-order valence-electron chi connectivity index (χ4n) is 2.59. The largest absolute Gasteiger partial charge is 0.481 e. The molecule has 2 N–H and O–H groups in total. The molecule has 20 heavy (non-hydrogen) atoms. The van der Waals surface area contributed by atoms with Gasteiger partial charge in [0.05, 0.1) is 11.8 Å². The fourth-order valence-corrected chi connectivity index (χ4v) is 2.59. The molecule has 0 aromatic carbocycles. The number of carboxylic acid groups (broad SMARTS) is 2. The van der Waals surface area contributed by atoms with Gasteiger partial charge in [-0.2, -0.15) is 0 Å². The SMILES string of the molecule is CCCCCCC(=O)N1CCC(C(=O)O)C(C(=O)O)C1. The first-order valence-electron chi connectivity index (χ1n) is 7.20. The van der Waals surface area contributed by atoms with Crippen molar-refractivity contribution in [2.45, 2.75) is 45.4 Å². The van der Waals surface area contributed by atoms with Gasteiger partial charge in [0.25, 0.3) is 0 Å². The molecular formula is C14H23NO5. The van der Waals surface area contributed by atoms with E-state index in [1.165, 1.54) is 4.90 Å². The summed E-state index contributed by atoms with van der Waals surface area (Å²) in [4.78, 5) is 35.7. The lowest BCUT2D eigenvalue weighted by Crippen LogP contribution is -2.48. The third-order valence-electron chi connectivity index (χ3n) is 3.84. The van der Waals surface area contributed by atoms with Gasteiger partial charge in [-0.25, -0.2) is 0 Å². The van der Waals surface area contributed by atoms with E-state index in [0.717, 1.165) is 25.7 Å². The zero-order valence-electron chi connectivity index (χ0n) is 11.9. The van der Waals surface area contributed by atoms with E-state index in [2.05, 4.69) is 6.92 Å². The van der Waals surface area contributed by atoms with Gasteiger partial charge in [0.2, 0.25) is 5.91 Å². The quantitative estimate of drug-likeness (QED) is 0.693. The second kappa shape index (κ2) is 7.87. The summed E-state index contributed by atoms with van der Waals surface area (Å²) in [6.07, 6.45) is 4.63. The zero-order valence-corrected chi connectivity index (χ0v) is 11.9. The van der Waals surface area contributed by atoms with Crippen LogP contribution in [0, 0.1) is 11.8 Å². The molecule has 1 fully saturated rings. The molecule has 1 saturated heterocycles. The minimum Gasteiger partial charge on any atom is -0.481 e. The lowest BCUT2D eigenvalue weighted by molar-refractivity contribution is -0.159. The lowest BCUT2D eigenvalue weighted by atomic mass is 9.85. The summed E-state index contributed by atoms with van der Waals surface area (Å²) in [6.45, 7) is 2.45. The molecule has 0 radical (unpaired) electrons. The van der Waals surface area contributed by atoms with Crippen LogP contribution in [-0.4, -0.2) is 46.0 Å². The molecule has 6 heteroatoms. The molecule has 6 nitrogen and oxygen atoms in total. The van der Waals surface area contributed by atoms with Crippen LogP contribution in [0.3, 0.4) is 0 Å². The highest BCUT2D eigenvalue weighted by Crippen LogP contribution is 2.25. The van der Waals surface area contributed by atoms with E-state index in [-0.39, 0.29) is 18.9 Å². The van der Waals surface area contributed by atoms with Gasteiger partial charge in [0, 0.05) is 19.5 Å². The Bertz CT molecular complexity index is 369. The van der Waals surface area contributed by atoms with Gasteiger partial charge < -0.3 is 15.1 Å². The van der Waals surface area contributed by atoms with Gasteiger partial charge in [0.15, 0.2) is 0 Å². The Balaban J connectivity index is 2.51. The number of likely N-dealkylation sites (tertiary alicyclic amines) is 1. The molecule has 1 aliphatic rings. The van der Waals surface area contributed by atoms with Crippen molar-refractivity contribution in [2.75, 3.05) is 13.1 Å². The Labute approximate surface area is 118 Å². The second-order valence-electron chi connectivity index (χ2n) is 5.33. The molecule has 2 unspecified atom stereocenters. The fraction of sp³-hybridized carbons (Fsp3) is 0.786. The van der Waals surface area contributed by atoms with Gasteiger partial charge in [-0.15, -0.1) is 0 Å². The molecule has 0 aromatic rings. The highest BCUT2D eigenvalue weighted by molar-refractivity contribution is 5.82. The Morgan fingerprint density at radius 2 is 1.70 bits per heavy atom. The van der Waals surface area contributed by atoms with Crippen LogP contribution in [0.5, 0.6) is 0 Å². The molecule has 1 amide bonds. The van der Waals surface area contributed by atoms with Gasteiger partial charge in [-0.1, -0.05) is 26.2 Å². The summed E-state index contributed by atoms with van der Waals surface area (Å²) in [5, 5.41) is 18.1. The average molecular weight is 285 g/mol. The minimum absolute atomic E-state index is 0.0128. The van der Waals surface area contributed by atoms with Crippen molar-refractivity contribution in [3.63, 3.8) is 0 Å². The van der Waals surface area contributed by atoms with Crippen molar-refractivity contribution < 1.29 is 24.6 Å². The first kappa shape index (κ1) is 16.5. The molecule has 0 spiro atoms. The van der Waals surface area contributed by atoms with Crippen molar-refractivity contribution in [1.82, 2.24) is 4.90 Å². The van der Waals surface area contributed by atoms with Crippen molar-refractivity contribution in [3.05, 3.63) is 0 Å². The summed E-state index contributed by atoms with van der Waals surface area (Å²) in [7, 11) is 0. The Hall–Kier alpha value is -1.59. The van der Waals surface area contributed by atoms with E-state index in [9.17, 15) is 14.4 Å². The Kier molecular flexibility index (Phi) is 6.48. The van der Waals surface area contributed by atoms with Crippen LogP contribution in [0.1, 0.15) is 45.4 Å². The molecule has 1 aliphatic heterocycles. The van der Waals surface area contributed by atoms with Crippen molar-refractivity contribution >= 4 is 17.8 Å². The first-order valence-corrected chi connectivity index (χ1v) is 7.20. The van der Waals surface area contributed by atoms with Crippen molar-refractivity contribution in [1.29, 1.82) is 0 Å². The van der Waals surface area contributed by atoms with E-state index in [4.69, 9.17) is 10.2 Å². The standard InChI is InChI=1S/C14H23NO5/c1-2-3-4-5-6-12(16)15-8-7-10(13(17)18)11(9-15)14(19)20/h10-11H,2-9H2,1H3,(H,17,18)(H,19,20). The average Bonchev–Trinajstić information content (AvgIpc) is 2.42. The topological polar surface area (TPSA) is 94.9 Å². The predicted molar refractivity (Wildman–Crippen MR) is 72.2 cm³/mol. The highest BCUT2D eigenvalue weighted by atomic mass is 16.4. The number of unbranched alkanes of at least 4 members (excludes halogenated alkanes) is 3. The van der Waals surface area contributed by atoms with E-state index in [1.807, 2.05) is 0 Å². The molecule has 0 aliphatic carbocycles. The number of piperidine rings is 1. The van der Waals surface area contributed by atoms with Crippen LogP contribution in [0.2, 0.25) is 0 Å². The van der Waals surface area contributed by atoms with Gasteiger partial charge in [-0.05, 0) is 12.8 Å². The number of hydrogen-bond acceptors (Lipinski definition) is 3. The van der Waals surface area contributed by atoms with Crippen LogP contribution in [0.4, 0.5) is 0 Å². The van der Waals surface area contributed by atoms with Crippen LogP contribution in [-0.2, 0) is 14.4 Å². The monoisotopic (exact) mass is 285 g/mol. The Morgan fingerprint density at radius 1 is 1.05 bits per heavy atom. The first-order chi connectivity index (χ1) is 9.47. The number of nitrogens with zero attached hydrogens (tertiary/aromatic N) is 1. The number of aliphatic carboxylic acids is 2. The summed E-state index contributed by atoms with van der Waals surface area (Å²) in [6, 6.07) is 0. The normalized spacial score (nSPS) is 22.6. The van der Waals surface area contributed by atoms with Crippen LogP contribution in [0.25, 0.3) is 0 Å². The molecule has 0 saturated carbocycles. The van der Waals surface area contributed by atoms with E-state index < -0.39 is 23.8 Å². The molecule has 0 aromatic heterocycles.